The predicted molar refractivity (Wildman–Crippen MR) is 92.2 cm³/mol. The maximum Gasteiger partial charge on any atom is 0.207 e. The number of ketones is 1. The summed E-state index contributed by atoms with van der Waals surface area (Å²) in [6, 6.07) is 10.4. The minimum Gasteiger partial charge on any atom is -0.504 e. The summed E-state index contributed by atoms with van der Waals surface area (Å²) in [6.45, 7) is 5.69. The quantitative estimate of drug-likeness (QED) is 0.574. The lowest BCUT2D eigenvalue weighted by Gasteiger charge is -2.09. The zero-order valence-electron chi connectivity index (χ0n) is 13.7. The first-order chi connectivity index (χ1) is 11.6. The Hall–Kier alpha value is -2.62. The average molecular weight is 328 g/mol. The maximum absolute atomic E-state index is 14.0. The van der Waals surface area contributed by atoms with Crippen LogP contribution in [0.5, 0.6) is 11.5 Å². The highest BCUT2D eigenvalue weighted by Crippen LogP contribution is 2.30. The molecule has 0 spiro atoms. The number of phenols is 1. The molecule has 24 heavy (non-hydrogen) atoms. The predicted octanol–water partition coefficient (Wildman–Crippen LogP) is 4.47. The Morgan fingerprint density at radius 1 is 1.21 bits per heavy atom. The molecular formula is C20H21FO3. The van der Waals surface area contributed by atoms with Gasteiger partial charge in [0.15, 0.2) is 17.3 Å². The Morgan fingerprint density at radius 2 is 1.88 bits per heavy atom. The van der Waals surface area contributed by atoms with Gasteiger partial charge in [0.2, 0.25) is 5.82 Å². The molecule has 2 aromatic rings. The molecule has 0 bridgehead atoms. The number of ether oxygens (including phenoxy) is 1. The number of carbonyl (C=O) groups excluding carboxylic acids is 1. The van der Waals surface area contributed by atoms with Crippen molar-refractivity contribution in [3.05, 3.63) is 71.6 Å². The molecule has 4 heteroatoms. The van der Waals surface area contributed by atoms with E-state index in [9.17, 15) is 14.3 Å². The number of aromatic hydroxyl groups is 1. The Morgan fingerprint density at radius 3 is 2.50 bits per heavy atom. The van der Waals surface area contributed by atoms with Crippen LogP contribution in [0.3, 0.4) is 0 Å². The number of hydrogen-bond donors (Lipinski definition) is 1. The van der Waals surface area contributed by atoms with Gasteiger partial charge in [0.1, 0.15) is 0 Å². The van der Waals surface area contributed by atoms with Crippen molar-refractivity contribution in [3.8, 4) is 11.5 Å². The summed E-state index contributed by atoms with van der Waals surface area (Å²) >= 11 is 0. The number of Topliss-reactive ketones (excluding diaryl/α,β-unsaturated/α-hetero) is 1. The summed E-state index contributed by atoms with van der Waals surface area (Å²) in [5.41, 5.74) is 1.95. The van der Waals surface area contributed by atoms with Crippen LogP contribution >= 0.6 is 0 Å². The van der Waals surface area contributed by atoms with Gasteiger partial charge in [-0.2, -0.15) is 4.39 Å². The first-order valence-electron chi connectivity index (χ1n) is 7.93. The molecule has 2 rings (SSSR count). The summed E-state index contributed by atoms with van der Waals surface area (Å²) in [5, 5.41) is 9.91. The van der Waals surface area contributed by atoms with Crippen LogP contribution in [0.15, 0.2) is 49.1 Å². The standard InChI is InChI=1S/C20H21FO3/c1-3-5-6-14-7-9-15(10-8-14)13-17(22)16-11-12-18(24-4-2)19(21)20(16)23/h3,7-12,23H,1,4-6,13H2,2H3. The average Bonchev–Trinajstić information content (AvgIpc) is 2.58. The monoisotopic (exact) mass is 328 g/mol. The fourth-order valence-corrected chi connectivity index (χ4v) is 2.41. The van der Waals surface area contributed by atoms with E-state index in [1.165, 1.54) is 17.7 Å². The van der Waals surface area contributed by atoms with E-state index in [0.29, 0.717) is 0 Å². The molecule has 0 atom stereocenters. The third-order valence-electron chi connectivity index (χ3n) is 3.71. The van der Waals surface area contributed by atoms with Crippen LogP contribution in [0.1, 0.15) is 34.8 Å². The number of hydrogen-bond acceptors (Lipinski definition) is 3. The SMILES string of the molecule is C=CCCc1ccc(CC(=O)c2ccc(OCC)c(F)c2O)cc1. The zero-order chi connectivity index (χ0) is 17.5. The van der Waals surface area contributed by atoms with E-state index in [1.54, 1.807) is 6.92 Å². The lowest BCUT2D eigenvalue weighted by molar-refractivity contribution is 0.0989. The second-order valence-corrected chi connectivity index (χ2v) is 5.45. The topological polar surface area (TPSA) is 46.5 Å². The van der Waals surface area contributed by atoms with Crippen molar-refractivity contribution in [2.45, 2.75) is 26.2 Å². The van der Waals surface area contributed by atoms with E-state index in [1.807, 2.05) is 30.3 Å². The summed E-state index contributed by atoms with van der Waals surface area (Å²) < 4.78 is 19.0. The van der Waals surface area contributed by atoms with Crippen molar-refractivity contribution in [1.29, 1.82) is 0 Å². The molecule has 0 aliphatic rings. The van der Waals surface area contributed by atoms with Gasteiger partial charge in [0.25, 0.3) is 0 Å². The van der Waals surface area contributed by atoms with Crippen molar-refractivity contribution in [2.24, 2.45) is 0 Å². The summed E-state index contributed by atoms with van der Waals surface area (Å²) in [5.74, 6) is -1.96. The molecule has 0 heterocycles. The van der Waals surface area contributed by atoms with Crippen molar-refractivity contribution in [2.75, 3.05) is 6.61 Å². The molecule has 0 saturated carbocycles. The number of phenolic OH excluding ortho intramolecular Hbond substituents is 1. The molecule has 126 valence electrons. The van der Waals surface area contributed by atoms with Crippen LogP contribution in [0.2, 0.25) is 0 Å². The molecule has 3 nitrogen and oxygen atoms in total. The van der Waals surface area contributed by atoms with Gasteiger partial charge in [-0.1, -0.05) is 30.3 Å². The molecule has 0 amide bonds. The number of allylic oxidation sites excluding steroid dienone is 1. The third kappa shape index (κ3) is 4.22. The van der Waals surface area contributed by atoms with Crippen LogP contribution < -0.4 is 4.74 Å². The van der Waals surface area contributed by atoms with Gasteiger partial charge in [-0.05, 0) is 43.0 Å². The molecule has 0 unspecified atom stereocenters. The van der Waals surface area contributed by atoms with E-state index in [4.69, 9.17) is 4.74 Å². The van der Waals surface area contributed by atoms with Crippen molar-refractivity contribution < 1.29 is 19.0 Å². The van der Waals surface area contributed by atoms with Gasteiger partial charge in [-0.25, -0.2) is 0 Å². The molecule has 0 aliphatic heterocycles. The number of rotatable bonds is 8. The normalized spacial score (nSPS) is 10.4. The van der Waals surface area contributed by atoms with E-state index < -0.39 is 11.6 Å². The van der Waals surface area contributed by atoms with Crippen LogP contribution in [0.25, 0.3) is 0 Å². The molecule has 0 aromatic heterocycles. The summed E-state index contributed by atoms with van der Waals surface area (Å²) in [6.07, 6.45) is 3.77. The Labute approximate surface area is 141 Å². The highest BCUT2D eigenvalue weighted by molar-refractivity contribution is 6.00. The van der Waals surface area contributed by atoms with Gasteiger partial charge in [-0.15, -0.1) is 6.58 Å². The minimum absolute atomic E-state index is 0.0355. The van der Waals surface area contributed by atoms with Crippen molar-refractivity contribution >= 4 is 5.78 Å². The first-order valence-corrected chi connectivity index (χ1v) is 7.93. The molecule has 0 fully saturated rings. The van der Waals surface area contributed by atoms with Crippen molar-refractivity contribution in [3.63, 3.8) is 0 Å². The highest BCUT2D eigenvalue weighted by atomic mass is 19.1. The van der Waals surface area contributed by atoms with Gasteiger partial charge in [-0.3, -0.25) is 4.79 Å². The zero-order valence-corrected chi connectivity index (χ0v) is 13.7. The van der Waals surface area contributed by atoms with E-state index in [2.05, 4.69) is 6.58 Å². The lowest BCUT2D eigenvalue weighted by atomic mass is 10.00. The van der Waals surface area contributed by atoms with Crippen LogP contribution in [-0.4, -0.2) is 17.5 Å². The summed E-state index contributed by atoms with van der Waals surface area (Å²) in [7, 11) is 0. The maximum atomic E-state index is 14.0. The molecule has 0 aliphatic carbocycles. The third-order valence-corrected chi connectivity index (χ3v) is 3.71. The van der Waals surface area contributed by atoms with Gasteiger partial charge >= 0.3 is 0 Å². The second kappa shape index (κ2) is 8.29. The number of halogens is 1. The molecule has 0 radical (unpaired) electrons. The smallest absolute Gasteiger partial charge is 0.207 e. The Balaban J connectivity index is 2.12. The van der Waals surface area contributed by atoms with E-state index in [-0.39, 0.29) is 30.1 Å². The second-order valence-electron chi connectivity index (χ2n) is 5.45. The fourth-order valence-electron chi connectivity index (χ4n) is 2.41. The molecule has 2 aromatic carbocycles. The first kappa shape index (κ1) is 17.7. The van der Waals surface area contributed by atoms with Gasteiger partial charge < -0.3 is 9.84 Å². The van der Waals surface area contributed by atoms with E-state index in [0.717, 1.165) is 18.4 Å². The number of aryl methyl sites for hydroxylation is 1. The Bertz CT molecular complexity index is 720. The Kier molecular flexibility index (Phi) is 6.13. The van der Waals surface area contributed by atoms with Gasteiger partial charge in [0.05, 0.1) is 12.2 Å². The van der Waals surface area contributed by atoms with Crippen LogP contribution in [0.4, 0.5) is 4.39 Å². The van der Waals surface area contributed by atoms with E-state index >= 15 is 0 Å². The molecule has 1 N–H and O–H groups in total. The van der Waals surface area contributed by atoms with Crippen LogP contribution in [0, 0.1) is 5.82 Å². The lowest BCUT2D eigenvalue weighted by Crippen LogP contribution is -2.06. The number of benzene rings is 2. The summed E-state index contributed by atoms with van der Waals surface area (Å²) in [4.78, 5) is 12.3. The fraction of sp³-hybridized carbons (Fsp3) is 0.250. The molecular weight excluding hydrogens is 307 g/mol. The van der Waals surface area contributed by atoms with Gasteiger partial charge in [0, 0.05) is 6.42 Å². The minimum atomic E-state index is -0.900. The van der Waals surface area contributed by atoms with Crippen molar-refractivity contribution in [1.82, 2.24) is 0 Å². The molecule has 0 saturated heterocycles. The highest BCUT2D eigenvalue weighted by Gasteiger charge is 2.18. The van der Waals surface area contributed by atoms with Crippen LogP contribution in [-0.2, 0) is 12.8 Å². The number of carbonyl (C=O) groups is 1. The largest absolute Gasteiger partial charge is 0.504 e.